The normalized spacial score (nSPS) is 15.4. The lowest BCUT2D eigenvalue weighted by Crippen LogP contribution is -2.30. The summed E-state index contributed by atoms with van der Waals surface area (Å²) in [6, 6.07) is 8.68. The Morgan fingerprint density at radius 3 is 2.88 bits per heavy atom. The van der Waals surface area contributed by atoms with Gasteiger partial charge in [-0.1, -0.05) is 35.0 Å². The van der Waals surface area contributed by atoms with Crippen molar-refractivity contribution < 1.29 is 4.79 Å². The molecular formula is C18H25N5O. The molecule has 1 amide bonds. The number of nitrogens with zero attached hydrogens (tertiary/aromatic N) is 3. The third-order valence-electron chi connectivity index (χ3n) is 4.58. The van der Waals surface area contributed by atoms with Crippen LogP contribution in [0.1, 0.15) is 46.2 Å². The Kier molecular flexibility index (Phi) is 5.25. The Morgan fingerprint density at radius 1 is 1.33 bits per heavy atom. The molecule has 0 spiro atoms. The first-order valence-corrected chi connectivity index (χ1v) is 8.61. The predicted octanol–water partition coefficient (Wildman–Crippen LogP) is 1.79. The van der Waals surface area contributed by atoms with E-state index in [1.807, 2.05) is 17.7 Å². The quantitative estimate of drug-likeness (QED) is 0.878. The van der Waals surface area contributed by atoms with Crippen molar-refractivity contribution in [2.45, 2.75) is 39.2 Å². The van der Waals surface area contributed by atoms with Gasteiger partial charge in [0.2, 0.25) is 0 Å². The molecule has 0 unspecified atom stereocenters. The highest BCUT2D eigenvalue weighted by atomic mass is 16.2. The second-order valence-electron chi connectivity index (χ2n) is 6.44. The first-order valence-electron chi connectivity index (χ1n) is 8.61. The van der Waals surface area contributed by atoms with E-state index in [0.29, 0.717) is 18.3 Å². The summed E-state index contributed by atoms with van der Waals surface area (Å²) in [5.41, 5.74) is 3.76. The number of carbonyl (C=O) groups is 1. The van der Waals surface area contributed by atoms with E-state index in [1.54, 1.807) is 0 Å². The molecule has 1 aromatic carbocycles. The highest BCUT2D eigenvalue weighted by molar-refractivity contribution is 5.93. The Bertz CT molecular complexity index is 703. The lowest BCUT2D eigenvalue weighted by molar-refractivity contribution is 0.0948. The molecule has 0 radical (unpaired) electrons. The fraction of sp³-hybridized carbons (Fsp3) is 0.500. The number of carbonyl (C=O) groups excluding carboxylic acids is 1. The molecule has 1 aliphatic heterocycles. The Hall–Kier alpha value is -2.21. The first-order chi connectivity index (χ1) is 11.6. The molecule has 2 heterocycles. The van der Waals surface area contributed by atoms with Gasteiger partial charge in [-0.2, -0.15) is 0 Å². The van der Waals surface area contributed by atoms with Crippen molar-refractivity contribution >= 4 is 5.91 Å². The van der Waals surface area contributed by atoms with E-state index < -0.39 is 0 Å². The van der Waals surface area contributed by atoms with E-state index in [2.05, 4.69) is 46.1 Å². The molecule has 1 aliphatic rings. The average molecular weight is 327 g/mol. The van der Waals surface area contributed by atoms with Crippen molar-refractivity contribution in [3.8, 4) is 0 Å². The molecule has 0 aliphatic carbocycles. The molecule has 24 heavy (non-hydrogen) atoms. The van der Waals surface area contributed by atoms with Crippen LogP contribution in [0.2, 0.25) is 0 Å². The largest absolute Gasteiger partial charge is 0.350 e. The van der Waals surface area contributed by atoms with E-state index in [0.717, 1.165) is 38.0 Å². The molecule has 1 fully saturated rings. The Labute approximate surface area is 142 Å². The van der Waals surface area contributed by atoms with Gasteiger partial charge in [-0.05, 0) is 51.8 Å². The minimum Gasteiger partial charge on any atom is -0.350 e. The van der Waals surface area contributed by atoms with Gasteiger partial charge in [-0.3, -0.25) is 4.79 Å². The lowest BCUT2D eigenvalue weighted by Gasteiger charge is -2.23. The standard InChI is InChI=1S/C18H25N5O/c1-13-4-3-5-15(12-13)6-11-20-18(24)17-14(2)23(22-21-17)16-7-9-19-10-8-16/h3-5,12,16,19H,6-11H2,1-2H3,(H,20,24). The number of amides is 1. The van der Waals surface area contributed by atoms with Gasteiger partial charge in [-0.15, -0.1) is 5.10 Å². The number of benzene rings is 1. The topological polar surface area (TPSA) is 71.8 Å². The highest BCUT2D eigenvalue weighted by Gasteiger charge is 2.22. The summed E-state index contributed by atoms with van der Waals surface area (Å²) in [5.74, 6) is -0.139. The van der Waals surface area contributed by atoms with Crippen LogP contribution in [0.3, 0.4) is 0 Å². The molecule has 3 rings (SSSR count). The van der Waals surface area contributed by atoms with Crippen LogP contribution >= 0.6 is 0 Å². The summed E-state index contributed by atoms with van der Waals surface area (Å²) in [7, 11) is 0. The van der Waals surface area contributed by atoms with Crippen molar-refractivity contribution in [2.75, 3.05) is 19.6 Å². The third-order valence-corrected chi connectivity index (χ3v) is 4.58. The maximum Gasteiger partial charge on any atom is 0.273 e. The van der Waals surface area contributed by atoms with Crippen LogP contribution in [0.4, 0.5) is 0 Å². The number of hydrogen-bond donors (Lipinski definition) is 2. The first kappa shape index (κ1) is 16.6. The van der Waals surface area contributed by atoms with E-state index >= 15 is 0 Å². The van der Waals surface area contributed by atoms with E-state index in [-0.39, 0.29) is 5.91 Å². The van der Waals surface area contributed by atoms with Gasteiger partial charge >= 0.3 is 0 Å². The zero-order chi connectivity index (χ0) is 16.9. The van der Waals surface area contributed by atoms with Gasteiger partial charge in [0.05, 0.1) is 11.7 Å². The number of aromatic nitrogens is 3. The van der Waals surface area contributed by atoms with Gasteiger partial charge in [0.25, 0.3) is 5.91 Å². The molecule has 6 heteroatoms. The van der Waals surface area contributed by atoms with E-state index in [1.165, 1.54) is 11.1 Å². The number of aryl methyl sites for hydroxylation is 1. The molecule has 0 bridgehead atoms. The fourth-order valence-corrected chi connectivity index (χ4v) is 3.22. The predicted molar refractivity (Wildman–Crippen MR) is 93.1 cm³/mol. The van der Waals surface area contributed by atoms with Crippen molar-refractivity contribution in [3.63, 3.8) is 0 Å². The number of rotatable bonds is 5. The van der Waals surface area contributed by atoms with Crippen LogP contribution in [0.15, 0.2) is 24.3 Å². The van der Waals surface area contributed by atoms with Gasteiger partial charge in [0.15, 0.2) is 5.69 Å². The van der Waals surface area contributed by atoms with Crippen LogP contribution in [0.25, 0.3) is 0 Å². The van der Waals surface area contributed by atoms with Crippen LogP contribution < -0.4 is 10.6 Å². The molecule has 6 nitrogen and oxygen atoms in total. The monoisotopic (exact) mass is 327 g/mol. The maximum absolute atomic E-state index is 12.4. The minimum atomic E-state index is -0.139. The van der Waals surface area contributed by atoms with Crippen LogP contribution in [-0.4, -0.2) is 40.5 Å². The van der Waals surface area contributed by atoms with Crippen molar-refractivity contribution in [2.24, 2.45) is 0 Å². The smallest absolute Gasteiger partial charge is 0.273 e. The van der Waals surface area contributed by atoms with Crippen LogP contribution in [0.5, 0.6) is 0 Å². The van der Waals surface area contributed by atoms with Gasteiger partial charge in [-0.25, -0.2) is 4.68 Å². The number of hydrogen-bond acceptors (Lipinski definition) is 4. The second kappa shape index (κ2) is 7.57. The lowest BCUT2D eigenvalue weighted by atomic mass is 10.1. The van der Waals surface area contributed by atoms with Gasteiger partial charge < -0.3 is 10.6 Å². The van der Waals surface area contributed by atoms with Crippen molar-refractivity contribution in [1.82, 2.24) is 25.6 Å². The summed E-state index contributed by atoms with van der Waals surface area (Å²) >= 11 is 0. The summed E-state index contributed by atoms with van der Waals surface area (Å²) < 4.78 is 1.91. The Morgan fingerprint density at radius 2 is 2.12 bits per heavy atom. The SMILES string of the molecule is Cc1cccc(CCNC(=O)c2nnn(C3CCNCC3)c2C)c1. The minimum absolute atomic E-state index is 0.139. The molecular weight excluding hydrogens is 302 g/mol. The van der Waals surface area contributed by atoms with Gasteiger partial charge in [0, 0.05) is 6.54 Å². The van der Waals surface area contributed by atoms with Gasteiger partial charge in [0.1, 0.15) is 0 Å². The summed E-state index contributed by atoms with van der Waals surface area (Å²) in [6.45, 7) is 6.58. The molecule has 0 saturated carbocycles. The van der Waals surface area contributed by atoms with E-state index in [4.69, 9.17) is 0 Å². The fourth-order valence-electron chi connectivity index (χ4n) is 3.22. The number of nitrogens with one attached hydrogen (secondary N) is 2. The molecule has 128 valence electrons. The molecule has 2 aromatic rings. The summed E-state index contributed by atoms with van der Waals surface area (Å²) in [4.78, 5) is 12.4. The average Bonchev–Trinajstić information content (AvgIpc) is 2.97. The molecule has 0 atom stereocenters. The van der Waals surface area contributed by atoms with E-state index in [9.17, 15) is 4.79 Å². The Balaban J connectivity index is 1.58. The molecule has 1 aromatic heterocycles. The molecule has 1 saturated heterocycles. The van der Waals surface area contributed by atoms with Crippen molar-refractivity contribution in [1.29, 1.82) is 0 Å². The third kappa shape index (κ3) is 3.82. The van der Waals surface area contributed by atoms with Crippen molar-refractivity contribution in [3.05, 3.63) is 46.8 Å². The zero-order valence-corrected chi connectivity index (χ0v) is 14.4. The number of piperidine rings is 1. The van der Waals surface area contributed by atoms with Crippen LogP contribution in [-0.2, 0) is 6.42 Å². The second-order valence-corrected chi connectivity index (χ2v) is 6.44. The highest BCUT2D eigenvalue weighted by Crippen LogP contribution is 2.20. The summed E-state index contributed by atoms with van der Waals surface area (Å²) in [5, 5.41) is 14.6. The maximum atomic E-state index is 12.4. The molecule has 2 N–H and O–H groups in total. The van der Waals surface area contributed by atoms with Crippen LogP contribution in [0, 0.1) is 13.8 Å². The zero-order valence-electron chi connectivity index (χ0n) is 14.4. The summed E-state index contributed by atoms with van der Waals surface area (Å²) in [6.07, 6.45) is 2.87.